The third-order valence-corrected chi connectivity index (χ3v) is 5.98. The summed E-state index contributed by atoms with van der Waals surface area (Å²) in [5.41, 5.74) is 0.914. The van der Waals surface area contributed by atoms with E-state index >= 15 is 0 Å². The van der Waals surface area contributed by atoms with Crippen LogP contribution in [0.5, 0.6) is 0 Å². The molecule has 0 aliphatic rings. The molecule has 0 radical (unpaired) electrons. The molecule has 0 unspecified atom stereocenters. The van der Waals surface area contributed by atoms with Gasteiger partial charge in [0.05, 0.1) is 10.6 Å². The van der Waals surface area contributed by atoms with E-state index in [1.807, 2.05) is 6.07 Å². The third-order valence-electron chi connectivity index (χ3n) is 4.30. The first-order valence-corrected chi connectivity index (χ1v) is 11.1. The fourth-order valence-electron chi connectivity index (χ4n) is 2.86. The van der Waals surface area contributed by atoms with E-state index in [9.17, 15) is 9.59 Å². The number of carbonyl (C=O) groups is 2. The smallest absolute Gasteiger partial charge is 0.239 e. The van der Waals surface area contributed by atoms with Crippen molar-refractivity contribution in [1.29, 1.82) is 0 Å². The van der Waals surface area contributed by atoms with E-state index in [4.69, 9.17) is 23.2 Å². The maximum Gasteiger partial charge on any atom is 0.239 e. The first-order chi connectivity index (χ1) is 13.1. The monoisotopic (exact) mass is 425 g/mol. The zero-order valence-corrected chi connectivity index (χ0v) is 17.9. The Morgan fingerprint density at radius 1 is 1.04 bits per heavy atom. The number of hydrogen-bond donors (Lipinski definition) is 1. The lowest BCUT2D eigenvalue weighted by atomic mass is 10.0. The van der Waals surface area contributed by atoms with Gasteiger partial charge < -0.3 is 5.32 Å². The molecule has 0 aliphatic carbocycles. The van der Waals surface area contributed by atoms with Gasteiger partial charge in [0.1, 0.15) is 10.9 Å². The number of anilines is 1. The Hall–Kier alpha value is -1.36. The number of rotatable bonds is 11. The maximum absolute atomic E-state index is 13.0. The number of alkyl halides is 1. The molecule has 0 fully saturated rings. The lowest BCUT2D eigenvalue weighted by Crippen LogP contribution is -2.14. The number of amides is 1. The van der Waals surface area contributed by atoms with Gasteiger partial charge in [-0.15, -0.1) is 22.9 Å². The predicted octanol–water partition coefficient (Wildman–Crippen LogP) is 6.71. The molecule has 2 aromatic rings. The number of halogens is 2. The van der Waals surface area contributed by atoms with Crippen LogP contribution < -0.4 is 5.32 Å². The van der Waals surface area contributed by atoms with E-state index < -0.39 is 0 Å². The van der Waals surface area contributed by atoms with Crippen molar-refractivity contribution in [2.24, 2.45) is 0 Å². The molecule has 1 amide bonds. The highest BCUT2D eigenvalue weighted by Gasteiger charge is 2.20. The molecule has 0 saturated heterocycles. The van der Waals surface area contributed by atoms with Crippen molar-refractivity contribution in [3.63, 3.8) is 0 Å². The second-order valence-electron chi connectivity index (χ2n) is 6.46. The van der Waals surface area contributed by atoms with Crippen LogP contribution >= 0.6 is 34.5 Å². The van der Waals surface area contributed by atoms with Crippen molar-refractivity contribution in [2.75, 3.05) is 11.2 Å². The number of hydrogen-bond acceptors (Lipinski definition) is 3. The SMILES string of the molecule is CCCCCCCCc1cc(C(=O)c2ccccc2Cl)c(NC(=O)CCl)s1. The summed E-state index contributed by atoms with van der Waals surface area (Å²) < 4.78 is 0. The summed E-state index contributed by atoms with van der Waals surface area (Å²) in [5, 5.41) is 3.70. The molecule has 27 heavy (non-hydrogen) atoms. The Labute approximate surface area is 175 Å². The van der Waals surface area contributed by atoms with E-state index in [1.54, 1.807) is 24.3 Å². The van der Waals surface area contributed by atoms with Gasteiger partial charge in [-0.05, 0) is 31.0 Å². The van der Waals surface area contributed by atoms with Gasteiger partial charge >= 0.3 is 0 Å². The van der Waals surface area contributed by atoms with Gasteiger partial charge in [-0.3, -0.25) is 9.59 Å². The molecule has 2 rings (SSSR count). The summed E-state index contributed by atoms with van der Waals surface area (Å²) >= 11 is 13.2. The second-order valence-corrected chi connectivity index (χ2v) is 8.28. The summed E-state index contributed by atoms with van der Waals surface area (Å²) in [4.78, 5) is 25.8. The Balaban J connectivity index is 2.14. The second kappa shape index (κ2) is 11.5. The first kappa shape index (κ1) is 21.9. The molecule has 6 heteroatoms. The Morgan fingerprint density at radius 2 is 1.74 bits per heavy atom. The van der Waals surface area contributed by atoms with Crippen LogP contribution in [0, 0.1) is 0 Å². The number of nitrogens with one attached hydrogen (secondary N) is 1. The number of aryl methyl sites for hydroxylation is 1. The van der Waals surface area contributed by atoms with Crippen molar-refractivity contribution in [3.8, 4) is 0 Å². The molecule has 3 nitrogen and oxygen atoms in total. The lowest BCUT2D eigenvalue weighted by Gasteiger charge is -2.05. The number of carbonyl (C=O) groups excluding carboxylic acids is 2. The summed E-state index contributed by atoms with van der Waals surface area (Å²) in [5.74, 6) is -0.654. The van der Waals surface area contributed by atoms with Crippen molar-refractivity contribution in [1.82, 2.24) is 0 Å². The van der Waals surface area contributed by atoms with Crippen molar-refractivity contribution in [3.05, 3.63) is 51.4 Å². The van der Waals surface area contributed by atoms with Crippen LogP contribution in [0.3, 0.4) is 0 Å². The average molecular weight is 426 g/mol. The molecule has 1 N–H and O–H groups in total. The third kappa shape index (κ3) is 6.63. The maximum atomic E-state index is 13.0. The van der Waals surface area contributed by atoms with Crippen molar-refractivity contribution in [2.45, 2.75) is 51.9 Å². The number of ketones is 1. The van der Waals surface area contributed by atoms with E-state index in [1.165, 1.54) is 43.4 Å². The highest BCUT2D eigenvalue weighted by Crippen LogP contribution is 2.32. The summed E-state index contributed by atoms with van der Waals surface area (Å²) in [6.45, 7) is 2.21. The molecule has 146 valence electrons. The van der Waals surface area contributed by atoms with E-state index in [0.717, 1.165) is 17.7 Å². The summed E-state index contributed by atoms with van der Waals surface area (Å²) in [6, 6.07) is 8.83. The molecule has 0 saturated carbocycles. The normalized spacial score (nSPS) is 10.8. The van der Waals surface area contributed by atoms with Crippen LogP contribution in [0.25, 0.3) is 0 Å². The molecule has 0 bridgehead atoms. The van der Waals surface area contributed by atoms with E-state index in [-0.39, 0.29) is 17.6 Å². The van der Waals surface area contributed by atoms with E-state index in [0.29, 0.717) is 21.2 Å². The van der Waals surface area contributed by atoms with E-state index in [2.05, 4.69) is 12.2 Å². The number of thiophene rings is 1. The van der Waals surface area contributed by atoms with Crippen molar-refractivity contribution >= 4 is 51.2 Å². The zero-order valence-electron chi connectivity index (χ0n) is 15.5. The molecule has 1 aromatic heterocycles. The predicted molar refractivity (Wildman–Crippen MR) is 116 cm³/mol. The lowest BCUT2D eigenvalue weighted by molar-refractivity contribution is -0.113. The highest BCUT2D eigenvalue weighted by molar-refractivity contribution is 7.16. The van der Waals surface area contributed by atoms with Crippen LogP contribution in [-0.4, -0.2) is 17.6 Å². The number of unbranched alkanes of at least 4 members (excludes halogenated alkanes) is 5. The summed E-state index contributed by atoms with van der Waals surface area (Å²) in [7, 11) is 0. The van der Waals surface area contributed by atoms with Crippen LogP contribution in [0.1, 0.15) is 66.2 Å². The minimum Gasteiger partial charge on any atom is -0.316 e. The summed E-state index contributed by atoms with van der Waals surface area (Å²) in [6.07, 6.45) is 8.18. The minimum absolute atomic E-state index is 0.148. The van der Waals surface area contributed by atoms with Crippen LogP contribution in [0.4, 0.5) is 5.00 Å². The molecule has 0 aliphatic heterocycles. The zero-order chi connectivity index (χ0) is 19.6. The topological polar surface area (TPSA) is 46.2 Å². The van der Waals surface area contributed by atoms with Crippen molar-refractivity contribution < 1.29 is 9.59 Å². The molecule has 0 atom stereocenters. The van der Waals surface area contributed by atoms with Gasteiger partial charge in [0.25, 0.3) is 0 Å². The van der Waals surface area contributed by atoms with Crippen LogP contribution in [-0.2, 0) is 11.2 Å². The van der Waals surface area contributed by atoms with Gasteiger partial charge in [-0.25, -0.2) is 0 Å². The molecule has 0 spiro atoms. The van der Waals surface area contributed by atoms with Crippen LogP contribution in [0.15, 0.2) is 30.3 Å². The Bertz CT molecular complexity index is 773. The van der Waals surface area contributed by atoms with Gasteiger partial charge in [-0.1, -0.05) is 62.8 Å². The molecular weight excluding hydrogens is 401 g/mol. The Morgan fingerprint density at radius 3 is 2.44 bits per heavy atom. The Kier molecular flexibility index (Phi) is 9.32. The molecule has 1 heterocycles. The quantitative estimate of drug-likeness (QED) is 0.247. The average Bonchev–Trinajstić information content (AvgIpc) is 3.06. The standard InChI is InChI=1S/C21H25Cl2NO2S/c1-2-3-4-5-6-7-10-15-13-17(21(27-15)24-19(25)14-22)20(26)16-11-8-9-12-18(16)23/h8-9,11-13H,2-7,10,14H2,1H3,(H,24,25). The van der Waals surface area contributed by atoms with Gasteiger partial charge in [0.15, 0.2) is 5.78 Å². The first-order valence-electron chi connectivity index (χ1n) is 9.34. The minimum atomic E-state index is -0.321. The molecular formula is C21H25Cl2NO2S. The fourth-order valence-corrected chi connectivity index (χ4v) is 4.26. The van der Waals surface area contributed by atoms with Gasteiger partial charge in [0.2, 0.25) is 5.91 Å². The highest BCUT2D eigenvalue weighted by atomic mass is 35.5. The fraction of sp³-hybridized carbons (Fsp3) is 0.429. The van der Waals surface area contributed by atoms with Crippen LogP contribution in [0.2, 0.25) is 5.02 Å². The number of benzene rings is 1. The largest absolute Gasteiger partial charge is 0.316 e. The van der Waals surface area contributed by atoms with Gasteiger partial charge in [-0.2, -0.15) is 0 Å². The molecule has 1 aromatic carbocycles. The van der Waals surface area contributed by atoms with Gasteiger partial charge in [0, 0.05) is 10.4 Å².